The minimum Gasteiger partial charge on any atom is -0.481 e. The van der Waals surface area contributed by atoms with Gasteiger partial charge >= 0.3 is 5.97 Å². The van der Waals surface area contributed by atoms with E-state index in [4.69, 9.17) is 0 Å². The molecule has 3 rings (SSSR count). The van der Waals surface area contributed by atoms with Crippen LogP contribution in [0.25, 0.3) is 0 Å². The van der Waals surface area contributed by atoms with E-state index in [9.17, 15) is 14.7 Å². The fraction of sp³-hybridized carbons (Fsp3) is 0.867. The molecule has 0 aliphatic heterocycles. The monoisotopic (exact) mass is 265 g/mol. The van der Waals surface area contributed by atoms with Crippen molar-refractivity contribution in [1.29, 1.82) is 0 Å². The van der Waals surface area contributed by atoms with E-state index in [0.717, 1.165) is 18.8 Å². The van der Waals surface area contributed by atoms with Crippen LogP contribution >= 0.6 is 0 Å². The van der Waals surface area contributed by atoms with Crippen molar-refractivity contribution < 1.29 is 14.7 Å². The highest BCUT2D eigenvalue weighted by Crippen LogP contribution is 2.45. The number of fused-ring (bicyclic) bond motifs is 2. The first-order valence-electron chi connectivity index (χ1n) is 7.57. The molecule has 0 aromatic rings. The molecular formula is C15H23NO3. The zero-order valence-corrected chi connectivity index (χ0v) is 11.5. The summed E-state index contributed by atoms with van der Waals surface area (Å²) < 4.78 is 0. The van der Waals surface area contributed by atoms with Gasteiger partial charge in [0.25, 0.3) is 0 Å². The SMILES string of the molecule is CC1C[C@H](C(=O)NC2CC3CCC2C3)[C@H](C(=O)O)C1. The largest absolute Gasteiger partial charge is 0.481 e. The van der Waals surface area contributed by atoms with E-state index < -0.39 is 11.9 Å². The highest BCUT2D eigenvalue weighted by Gasteiger charge is 2.44. The van der Waals surface area contributed by atoms with Gasteiger partial charge in [0.15, 0.2) is 0 Å². The summed E-state index contributed by atoms with van der Waals surface area (Å²) >= 11 is 0. The molecule has 3 aliphatic carbocycles. The normalized spacial score (nSPS) is 44.5. The molecule has 3 fully saturated rings. The Kier molecular flexibility index (Phi) is 3.27. The second-order valence-electron chi connectivity index (χ2n) is 6.92. The third-order valence-corrected chi connectivity index (χ3v) is 5.52. The maximum Gasteiger partial charge on any atom is 0.307 e. The van der Waals surface area contributed by atoms with Crippen LogP contribution in [0.15, 0.2) is 0 Å². The summed E-state index contributed by atoms with van der Waals surface area (Å²) in [5.74, 6) is 0.188. The lowest BCUT2D eigenvalue weighted by atomic mass is 9.92. The molecule has 3 saturated carbocycles. The third-order valence-electron chi connectivity index (χ3n) is 5.52. The Morgan fingerprint density at radius 3 is 2.37 bits per heavy atom. The van der Waals surface area contributed by atoms with Crippen LogP contribution in [0, 0.1) is 29.6 Å². The molecule has 0 spiro atoms. The number of carbonyl (C=O) groups excluding carboxylic acids is 1. The van der Waals surface area contributed by atoms with Crippen LogP contribution in [0.4, 0.5) is 0 Å². The van der Waals surface area contributed by atoms with Crippen molar-refractivity contribution in [2.24, 2.45) is 29.6 Å². The van der Waals surface area contributed by atoms with Gasteiger partial charge in [-0.1, -0.05) is 13.3 Å². The number of hydrogen-bond acceptors (Lipinski definition) is 2. The summed E-state index contributed by atoms with van der Waals surface area (Å²) in [6.07, 6.45) is 6.28. The summed E-state index contributed by atoms with van der Waals surface area (Å²) in [5.41, 5.74) is 0. The summed E-state index contributed by atoms with van der Waals surface area (Å²) in [7, 11) is 0. The predicted molar refractivity (Wildman–Crippen MR) is 70.4 cm³/mol. The van der Waals surface area contributed by atoms with E-state index in [2.05, 4.69) is 5.32 Å². The molecule has 1 amide bonds. The number of rotatable bonds is 3. The molecule has 3 aliphatic rings. The van der Waals surface area contributed by atoms with E-state index in [1.165, 1.54) is 19.3 Å². The molecule has 0 aromatic carbocycles. The van der Waals surface area contributed by atoms with Crippen molar-refractivity contribution >= 4 is 11.9 Å². The predicted octanol–water partition coefficient (Wildman–Crippen LogP) is 2.04. The van der Waals surface area contributed by atoms with Gasteiger partial charge in [0.2, 0.25) is 5.91 Å². The van der Waals surface area contributed by atoms with Gasteiger partial charge in [-0.25, -0.2) is 0 Å². The fourth-order valence-electron chi connectivity index (χ4n) is 4.57. The van der Waals surface area contributed by atoms with Gasteiger partial charge in [0, 0.05) is 6.04 Å². The Labute approximate surface area is 113 Å². The molecule has 0 heterocycles. The van der Waals surface area contributed by atoms with Crippen LogP contribution in [0.2, 0.25) is 0 Å². The Bertz CT molecular complexity index is 395. The topological polar surface area (TPSA) is 66.4 Å². The molecule has 6 atom stereocenters. The highest BCUT2D eigenvalue weighted by molar-refractivity contribution is 5.85. The Hall–Kier alpha value is -1.06. The number of aliphatic carboxylic acids is 1. The molecule has 2 bridgehead atoms. The molecular weight excluding hydrogens is 242 g/mol. The molecule has 4 unspecified atom stereocenters. The summed E-state index contributed by atoms with van der Waals surface area (Å²) in [6.45, 7) is 2.04. The van der Waals surface area contributed by atoms with Crippen LogP contribution in [0.1, 0.15) is 45.4 Å². The molecule has 19 heavy (non-hydrogen) atoms. The van der Waals surface area contributed by atoms with Gasteiger partial charge in [0.05, 0.1) is 11.8 Å². The van der Waals surface area contributed by atoms with Crippen LogP contribution in [-0.2, 0) is 9.59 Å². The van der Waals surface area contributed by atoms with Crippen molar-refractivity contribution in [1.82, 2.24) is 5.32 Å². The summed E-state index contributed by atoms with van der Waals surface area (Å²) in [5, 5.41) is 12.4. The first-order valence-corrected chi connectivity index (χ1v) is 7.57. The first kappa shape index (κ1) is 12.9. The van der Waals surface area contributed by atoms with Crippen molar-refractivity contribution in [3.63, 3.8) is 0 Å². The number of carboxylic acid groups (broad SMARTS) is 1. The zero-order chi connectivity index (χ0) is 13.6. The van der Waals surface area contributed by atoms with Crippen molar-refractivity contribution in [2.75, 3.05) is 0 Å². The van der Waals surface area contributed by atoms with Crippen molar-refractivity contribution in [3.8, 4) is 0 Å². The number of hydrogen-bond donors (Lipinski definition) is 2. The van der Waals surface area contributed by atoms with Gasteiger partial charge in [0.1, 0.15) is 0 Å². The second-order valence-corrected chi connectivity index (χ2v) is 6.92. The summed E-state index contributed by atoms with van der Waals surface area (Å²) in [4.78, 5) is 23.6. The van der Waals surface area contributed by atoms with Gasteiger partial charge in [-0.3, -0.25) is 9.59 Å². The molecule has 106 valence electrons. The molecule has 4 heteroatoms. The molecule has 0 radical (unpaired) electrons. The zero-order valence-electron chi connectivity index (χ0n) is 11.5. The standard InChI is InChI=1S/C15H23NO3/c1-8-4-11(12(5-8)15(18)19)14(17)16-13-7-9-2-3-10(13)6-9/h8-13H,2-7H2,1H3,(H,16,17)(H,18,19)/t8?,9?,10?,11-,12+,13?/m0/s1. The van der Waals surface area contributed by atoms with Gasteiger partial charge in [-0.2, -0.15) is 0 Å². The van der Waals surface area contributed by atoms with E-state index in [0.29, 0.717) is 24.3 Å². The Balaban J connectivity index is 1.62. The molecule has 0 saturated heterocycles. The molecule has 2 N–H and O–H groups in total. The lowest BCUT2D eigenvalue weighted by molar-refractivity contribution is -0.146. The second kappa shape index (κ2) is 4.80. The van der Waals surface area contributed by atoms with Crippen molar-refractivity contribution in [2.45, 2.75) is 51.5 Å². The van der Waals surface area contributed by atoms with E-state index in [1.807, 2.05) is 6.92 Å². The maximum absolute atomic E-state index is 12.4. The van der Waals surface area contributed by atoms with Crippen LogP contribution < -0.4 is 5.32 Å². The summed E-state index contributed by atoms with van der Waals surface area (Å²) in [6, 6.07) is 0.316. The number of amides is 1. The minimum absolute atomic E-state index is 0.00528. The fourth-order valence-corrected chi connectivity index (χ4v) is 4.57. The van der Waals surface area contributed by atoms with Crippen molar-refractivity contribution in [3.05, 3.63) is 0 Å². The first-order chi connectivity index (χ1) is 9.04. The van der Waals surface area contributed by atoms with E-state index >= 15 is 0 Å². The third kappa shape index (κ3) is 2.37. The number of nitrogens with one attached hydrogen (secondary N) is 1. The van der Waals surface area contributed by atoms with E-state index in [1.54, 1.807) is 0 Å². The van der Waals surface area contributed by atoms with Crippen LogP contribution in [0.3, 0.4) is 0 Å². The van der Waals surface area contributed by atoms with E-state index in [-0.39, 0.29) is 11.8 Å². The number of carbonyl (C=O) groups is 2. The average molecular weight is 265 g/mol. The van der Waals surface area contributed by atoms with Gasteiger partial charge in [-0.15, -0.1) is 0 Å². The smallest absolute Gasteiger partial charge is 0.307 e. The van der Waals surface area contributed by atoms with Crippen LogP contribution in [-0.4, -0.2) is 23.0 Å². The quantitative estimate of drug-likeness (QED) is 0.820. The average Bonchev–Trinajstić information content (AvgIpc) is 3.02. The molecule has 0 aromatic heterocycles. The number of carboxylic acids is 1. The Morgan fingerprint density at radius 2 is 1.79 bits per heavy atom. The lowest BCUT2D eigenvalue weighted by Crippen LogP contribution is -2.43. The Morgan fingerprint density at radius 1 is 1.05 bits per heavy atom. The minimum atomic E-state index is -0.808. The van der Waals surface area contributed by atoms with Gasteiger partial charge < -0.3 is 10.4 Å². The van der Waals surface area contributed by atoms with Crippen LogP contribution in [0.5, 0.6) is 0 Å². The molecule has 4 nitrogen and oxygen atoms in total. The van der Waals surface area contributed by atoms with Gasteiger partial charge in [-0.05, 0) is 49.9 Å². The highest BCUT2D eigenvalue weighted by atomic mass is 16.4. The maximum atomic E-state index is 12.4. The lowest BCUT2D eigenvalue weighted by Gasteiger charge is -2.25.